The van der Waals surface area contributed by atoms with E-state index >= 15 is 0 Å². The number of hydrogen-bond donors (Lipinski definition) is 0. The molecule has 4 nitrogen and oxygen atoms in total. The standard InChI is InChI=1S/C18H20FNO3S/c1-12-5-6-14(9-16(12)19)11-20(3)17-10-15(13(2)21)7-8-18(17)24(4,22)23/h5-10H,11H2,1-4H3. The Hall–Kier alpha value is -2.21. The Bertz CT molecular complexity index is 891. The minimum atomic E-state index is -3.46. The van der Waals surface area contributed by atoms with Crippen molar-refractivity contribution >= 4 is 21.3 Å². The van der Waals surface area contributed by atoms with Crippen molar-refractivity contribution in [1.82, 2.24) is 0 Å². The Balaban J connectivity index is 2.46. The van der Waals surface area contributed by atoms with E-state index in [4.69, 9.17) is 0 Å². The Labute approximate surface area is 141 Å². The summed E-state index contributed by atoms with van der Waals surface area (Å²) in [6.07, 6.45) is 1.12. The summed E-state index contributed by atoms with van der Waals surface area (Å²) < 4.78 is 37.7. The van der Waals surface area contributed by atoms with Gasteiger partial charge in [0.15, 0.2) is 15.6 Å². The van der Waals surface area contributed by atoms with Crippen LogP contribution < -0.4 is 4.90 Å². The van der Waals surface area contributed by atoms with Crippen LogP contribution in [0.2, 0.25) is 0 Å². The molecular weight excluding hydrogens is 329 g/mol. The predicted molar refractivity (Wildman–Crippen MR) is 92.8 cm³/mol. The number of anilines is 1. The highest BCUT2D eigenvalue weighted by atomic mass is 32.2. The number of Topliss-reactive ketones (excluding diaryl/α,β-unsaturated/α-hetero) is 1. The second-order valence-electron chi connectivity index (χ2n) is 5.95. The summed E-state index contributed by atoms with van der Waals surface area (Å²) in [5.74, 6) is -0.451. The molecule has 0 N–H and O–H groups in total. The molecule has 0 aliphatic carbocycles. The van der Waals surface area contributed by atoms with Gasteiger partial charge in [0.05, 0.1) is 10.6 Å². The Kier molecular flexibility index (Phi) is 5.08. The van der Waals surface area contributed by atoms with Gasteiger partial charge in [-0.3, -0.25) is 4.79 Å². The van der Waals surface area contributed by atoms with Crippen molar-refractivity contribution in [2.24, 2.45) is 0 Å². The quantitative estimate of drug-likeness (QED) is 0.777. The van der Waals surface area contributed by atoms with Crippen molar-refractivity contribution in [3.8, 4) is 0 Å². The molecule has 0 atom stereocenters. The van der Waals surface area contributed by atoms with Gasteiger partial charge in [-0.15, -0.1) is 0 Å². The van der Waals surface area contributed by atoms with E-state index in [0.29, 0.717) is 28.9 Å². The average Bonchev–Trinajstić information content (AvgIpc) is 2.49. The van der Waals surface area contributed by atoms with E-state index in [1.165, 1.54) is 25.1 Å². The number of sulfone groups is 1. The molecule has 0 heterocycles. The lowest BCUT2D eigenvalue weighted by Gasteiger charge is -2.23. The Morgan fingerprint density at radius 1 is 1.17 bits per heavy atom. The zero-order valence-corrected chi connectivity index (χ0v) is 14.9. The number of hydrogen-bond acceptors (Lipinski definition) is 4. The van der Waals surface area contributed by atoms with Crippen LogP contribution in [-0.2, 0) is 16.4 Å². The van der Waals surface area contributed by atoms with E-state index in [-0.39, 0.29) is 16.5 Å². The molecule has 0 spiro atoms. The molecule has 0 bridgehead atoms. The molecule has 24 heavy (non-hydrogen) atoms. The first-order chi connectivity index (χ1) is 11.1. The molecular formula is C18H20FNO3S. The van der Waals surface area contributed by atoms with Gasteiger partial charge in [-0.2, -0.15) is 0 Å². The van der Waals surface area contributed by atoms with Gasteiger partial charge >= 0.3 is 0 Å². The van der Waals surface area contributed by atoms with Crippen LogP contribution in [-0.4, -0.2) is 27.5 Å². The summed E-state index contributed by atoms with van der Waals surface area (Å²) in [6.45, 7) is 3.43. The lowest BCUT2D eigenvalue weighted by molar-refractivity contribution is 0.101. The number of halogens is 1. The van der Waals surface area contributed by atoms with Gasteiger partial charge in [-0.1, -0.05) is 12.1 Å². The molecule has 0 aliphatic rings. The summed E-state index contributed by atoms with van der Waals surface area (Å²) in [7, 11) is -1.74. The number of carbonyl (C=O) groups is 1. The van der Waals surface area contributed by atoms with E-state index in [0.717, 1.165) is 6.26 Å². The number of aryl methyl sites for hydroxylation is 1. The minimum Gasteiger partial charge on any atom is -0.369 e. The van der Waals surface area contributed by atoms with Crippen LogP contribution in [0, 0.1) is 12.7 Å². The maximum Gasteiger partial charge on any atom is 0.177 e. The smallest absolute Gasteiger partial charge is 0.177 e. The lowest BCUT2D eigenvalue weighted by atomic mass is 10.1. The molecule has 128 valence electrons. The molecule has 6 heteroatoms. The van der Waals surface area contributed by atoms with Crippen LogP contribution in [0.4, 0.5) is 10.1 Å². The molecule has 0 saturated carbocycles. The van der Waals surface area contributed by atoms with Gasteiger partial charge in [0, 0.05) is 25.4 Å². The van der Waals surface area contributed by atoms with E-state index in [1.807, 2.05) is 0 Å². The molecule has 0 unspecified atom stereocenters. The van der Waals surface area contributed by atoms with Crippen molar-refractivity contribution in [2.45, 2.75) is 25.3 Å². The zero-order chi connectivity index (χ0) is 18.1. The highest BCUT2D eigenvalue weighted by Gasteiger charge is 2.18. The van der Waals surface area contributed by atoms with Crippen molar-refractivity contribution in [3.63, 3.8) is 0 Å². The van der Waals surface area contributed by atoms with Crippen LogP contribution in [0.5, 0.6) is 0 Å². The number of benzene rings is 2. The maximum atomic E-state index is 13.7. The largest absolute Gasteiger partial charge is 0.369 e. The molecule has 0 saturated heterocycles. The predicted octanol–water partition coefficient (Wildman–Crippen LogP) is 3.38. The van der Waals surface area contributed by atoms with Gasteiger partial charge in [0.25, 0.3) is 0 Å². The van der Waals surface area contributed by atoms with Crippen LogP contribution in [0.3, 0.4) is 0 Å². The topological polar surface area (TPSA) is 54.5 Å². The van der Waals surface area contributed by atoms with Crippen molar-refractivity contribution in [1.29, 1.82) is 0 Å². The monoisotopic (exact) mass is 349 g/mol. The maximum absolute atomic E-state index is 13.7. The van der Waals surface area contributed by atoms with Crippen molar-refractivity contribution in [2.75, 3.05) is 18.2 Å². The first-order valence-electron chi connectivity index (χ1n) is 7.41. The molecule has 2 aromatic carbocycles. The zero-order valence-electron chi connectivity index (χ0n) is 14.1. The van der Waals surface area contributed by atoms with Crippen molar-refractivity contribution < 1.29 is 17.6 Å². The Morgan fingerprint density at radius 3 is 2.38 bits per heavy atom. The molecule has 0 fully saturated rings. The number of carbonyl (C=O) groups excluding carboxylic acids is 1. The van der Waals surface area contributed by atoms with E-state index in [2.05, 4.69) is 0 Å². The molecule has 0 radical (unpaired) electrons. The number of rotatable bonds is 5. The van der Waals surface area contributed by atoms with Gasteiger partial charge in [0.1, 0.15) is 5.82 Å². The molecule has 2 rings (SSSR count). The van der Waals surface area contributed by atoms with Gasteiger partial charge in [-0.25, -0.2) is 12.8 Å². The fourth-order valence-corrected chi connectivity index (χ4v) is 3.35. The molecule has 0 amide bonds. The Morgan fingerprint density at radius 2 is 1.83 bits per heavy atom. The fourth-order valence-electron chi connectivity index (χ4n) is 2.44. The van der Waals surface area contributed by atoms with Gasteiger partial charge in [0.2, 0.25) is 0 Å². The third-order valence-corrected chi connectivity index (χ3v) is 4.98. The summed E-state index contributed by atoms with van der Waals surface area (Å²) in [5.41, 5.74) is 2.12. The van der Waals surface area contributed by atoms with Crippen molar-refractivity contribution in [3.05, 3.63) is 58.9 Å². The van der Waals surface area contributed by atoms with Crippen LogP contribution in [0.25, 0.3) is 0 Å². The highest BCUT2D eigenvalue weighted by molar-refractivity contribution is 7.90. The third-order valence-electron chi connectivity index (χ3n) is 3.83. The van der Waals surface area contributed by atoms with Crippen LogP contribution in [0.15, 0.2) is 41.3 Å². The van der Waals surface area contributed by atoms with E-state index < -0.39 is 9.84 Å². The van der Waals surface area contributed by atoms with Crippen LogP contribution in [0.1, 0.15) is 28.4 Å². The number of nitrogens with zero attached hydrogens (tertiary/aromatic N) is 1. The average molecular weight is 349 g/mol. The molecule has 0 aliphatic heterocycles. The van der Waals surface area contributed by atoms with E-state index in [1.54, 1.807) is 37.1 Å². The molecule has 0 aromatic heterocycles. The minimum absolute atomic E-state index is 0.141. The first-order valence-corrected chi connectivity index (χ1v) is 9.30. The summed E-state index contributed by atoms with van der Waals surface area (Å²) >= 11 is 0. The van der Waals surface area contributed by atoms with Crippen LogP contribution >= 0.6 is 0 Å². The van der Waals surface area contributed by atoms with Gasteiger partial charge < -0.3 is 4.90 Å². The summed E-state index contributed by atoms with van der Waals surface area (Å²) in [6, 6.07) is 9.41. The van der Waals surface area contributed by atoms with Gasteiger partial charge in [-0.05, 0) is 49.2 Å². The highest BCUT2D eigenvalue weighted by Crippen LogP contribution is 2.27. The summed E-state index contributed by atoms with van der Waals surface area (Å²) in [4.78, 5) is 13.4. The SMILES string of the molecule is CC(=O)c1ccc(S(C)(=O)=O)c(N(C)Cc2ccc(C)c(F)c2)c1. The number of ketones is 1. The normalized spacial score (nSPS) is 11.4. The van der Waals surface area contributed by atoms with E-state index in [9.17, 15) is 17.6 Å². The lowest BCUT2D eigenvalue weighted by Crippen LogP contribution is -2.20. The molecule has 2 aromatic rings. The second-order valence-corrected chi connectivity index (χ2v) is 7.93. The summed E-state index contributed by atoms with van der Waals surface area (Å²) in [5, 5.41) is 0. The second kappa shape index (κ2) is 6.73. The third kappa shape index (κ3) is 4.00. The fraction of sp³-hybridized carbons (Fsp3) is 0.278. The first kappa shape index (κ1) is 18.1.